The smallest absolute Gasteiger partial charge is 0.239 e. The van der Waals surface area contributed by atoms with Gasteiger partial charge in [0.1, 0.15) is 5.82 Å². The molecule has 0 bridgehead atoms. The first kappa shape index (κ1) is 13.0. The zero-order valence-corrected chi connectivity index (χ0v) is 10.4. The summed E-state index contributed by atoms with van der Waals surface area (Å²) in [7, 11) is 0. The van der Waals surface area contributed by atoms with E-state index in [0.29, 0.717) is 13.1 Å². The van der Waals surface area contributed by atoms with E-state index < -0.39 is 6.04 Å². The molecule has 1 aliphatic rings. The number of piperazine rings is 1. The molecule has 1 saturated heterocycles. The Kier molecular flexibility index (Phi) is 3.93. The van der Waals surface area contributed by atoms with Crippen LogP contribution in [0.2, 0.25) is 0 Å². The summed E-state index contributed by atoms with van der Waals surface area (Å²) in [6, 6.07) is 5.69. The molecular weight excluding hydrogens is 233 g/mol. The van der Waals surface area contributed by atoms with Crippen LogP contribution >= 0.6 is 0 Å². The van der Waals surface area contributed by atoms with Crippen LogP contribution in [0.15, 0.2) is 24.3 Å². The van der Waals surface area contributed by atoms with Crippen molar-refractivity contribution in [2.45, 2.75) is 19.0 Å². The van der Waals surface area contributed by atoms with Gasteiger partial charge in [-0.3, -0.25) is 4.79 Å². The van der Waals surface area contributed by atoms with E-state index in [4.69, 9.17) is 5.73 Å². The number of nitrogens with one attached hydrogen (secondary N) is 1. The van der Waals surface area contributed by atoms with Crippen LogP contribution in [0.5, 0.6) is 0 Å². The molecule has 0 aromatic heterocycles. The second-order valence-electron chi connectivity index (χ2n) is 4.60. The molecule has 5 heteroatoms. The van der Waals surface area contributed by atoms with E-state index in [2.05, 4.69) is 5.32 Å². The molecule has 3 N–H and O–H groups in total. The number of benzene rings is 1. The summed E-state index contributed by atoms with van der Waals surface area (Å²) in [6.07, 6.45) is 0. The Labute approximate surface area is 106 Å². The Morgan fingerprint density at radius 2 is 2.39 bits per heavy atom. The number of nitrogens with two attached hydrogens (primary N) is 1. The topological polar surface area (TPSA) is 58.4 Å². The summed E-state index contributed by atoms with van der Waals surface area (Å²) < 4.78 is 13.3. The third kappa shape index (κ3) is 2.68. The van der Waals surface area contributed by atoms with Crippen molar-refractivity contribution >= 4 is 5.91 Å². The SMILES string of the molecule is C[C@H](N)C(=O)N1CCNCC1c1cccc(F)c1. The summed E-state index contributed by atoms with van der Waals surface area (Å²) in [4.78, 5) is 13.8. The summed E-state index contributed by atoms with van der Waals surface area (Å²) in [5.74, 6) is -0.378. The lowest BCUT2D eigenvalue weighted by Gasteiger charge is -2.37. The molecule has 0 saturated carbocycles. The number of hydrogen-bond acceptors (Lipinski definition) is 3. The Hall–Kier alpha value is -1.46. The van der Waals surface area contributed by atoms with Crippen LogP contribution in [-0.2, 0) is 4.79 Å². The van der Waals surface area contributed by atoms with Crippen molar-refractivity contribution < 1.29 is 9.18 Å². The first-order valence-corrected chi connectivity index (χ1v) is 6.12. The molecule has 1 amide bonds. The minimum atomic E-state index is -0.529. The number of carbonyl (C=O) groups excluding carboxylic acids is 1. The van der Waals surface area contributed by atoms with Gasteiger partial charge in [0, 0.05) is 19.6 Å². The van der Waals surface area contributed by atoms with Crippen LogP contribution in [-0.4, -0.2) is 36.5 Å². The van der Waals surface area contributed by atoms with Crippen molar-refractivity contribution in [3.63, 3.8) is 0 Å². The van der Waals surface area contributed by atoms with Gasteiger partial charge in [-0.05, 0) is 24.6 Å². The second-order valence-corrected chi connectivity index (χ2v) is 4.60. The van der Waals surface area contributed by atoms with E-state index in [1.54, 1.807) is 17.9 Å². The van der Waals surface area contributed by atoms with E-state index in [-0.39, 0.29) is 17.8 Å². The Morgan fingerprint density at radius 3 is 3.06 bits per heavy atom. The predicted molar refractivity (Wildman–Crippen MR) is 67.4 cm³/mol. The summed E-state index contributed by atoms with van der Waals surface area (Å²) in [5.41, 5.74) is 6.45. The molecule has 2 atom stereocenters. The number of hydrogen-bond donors (Lipinski definition) is 2. The maximum absolute atomic E-state index is 13.3. The summed E-state index contributed by atoms with van der Waals surface area (Å²) in [6.45, 7) is 3.64. The van der Waals surface area contributed by atoms with Gasteiger partial charge in [0.25, 0.3) is 0 Å². The highest BCUT2D eigenvalue weighted by atomic mass is 19.1. The van der Waals surface area contributed by atoms with Crippen molar-refractivity contribution in [1.82, 2.24) is 10.2 Å². The van der Waals surface area contributed by atoms with Gasteiger partial charge >= 0.3 is 0 Å². The molecule has 1 aromatic carbocycles. The highest BCUT2D eigenvalue weighted by Gasteiger charge is 2.29. The molecule has 1 fully saturated rings. The Balaban J connectivity index is 2.25. The lowest BCUT2D eigenvalue weighted by molar-refractivity contribution is -0.135. The average molecular weight is 251 g/mol. The van der Waals surface area contributed by atoms with Crippen LogP contribution in [0.25, 0.3) is 0 Å². The minimum absolute atomic E-state index is 0.0919. The van der Waals surface area contributed by atoms with Crippen molar-refractivity contribution in [2.75, 3.05) is 19.6 Å². The van der Waals surface area contributed by atoms with E-state index >= 15 is 0 Å². The molecule has 18 heavy (non-hydrogen) atoms. The average Bonchev–Trinajstić information content (AvgIpc) is 2.38. The van der Waals surface area contributed by atoms with Gasteiger partial charge in [-0.25, -0.2) is 4.39 Å². The highest BCUT2D eigenvalue weighted by molar-refractivity contribution is 5.81. The molecule has 0 radical (unpaired) electrons. The predicted octanol–water partition coefficient (Wildman–Crippen LogP) is 0.646. The zero-order valence-electron chi connectivity index (χ0n) is 10.4. The quantitative estimate of drug-likeness (QED) is 0.811. The largest absolute Gasteiger partial charge is 0.332 e. The van der Waals surface area contributed by atoms with Gasteiger partial charge in [-0.15, -0.1) is 0 Å². The molecule has 1 aromatic rings. The van der Waals surface area contributed by atoms with Crippen LogP contribution in [0.4, 0.5) is 4.39 Å². The summed E-state index contributed by atoms with van der Waals surface area (Å²) >= 11 is 0. The molecule has 1 heterocycles. The van der Waals surface area contributed by atoms with Crippen LogP contribution < -0.4 is 11.1 Å². The van der Waals surface area contributed by atoms with Crippen LogP contribution in [0.1, 0.15) is 18.5 Å². The Bertz CT molecular complexity index is 436. The molecule has 4 nitrogen and oxygen atoms in total. The van der Waals surface area contributed by atoms with E-state index in [1.807, 2.05) is 6.07 Å². The second kappa shape index (κ2) is 5.46. The third-order valence-corrected chi connectivity index (χ3v) is 3.15. The lowest BCUT2D eigenvalue weighted by Crippen LogP contribution is -2.52. The molecular formula is C13H18FN3O. The Morgan fingerprint density at radius 1 is 1.61 bits per heavy atom. The zero-order chi connectivity index (χ0) is 13.1. The first-order chi connectivity index (χ1) is 8.59. The van der Waals surface area contributed by atoms with Gasteiger partial charge in [0.15, 0.2) is 0 Å². The highest BCUT2D eigenvalue weighted by Crippen LogP contribution is 2.23. The minimum Gasteiger partial charge on any atom is -0.332 e. The monoisotopic (exact) mass is 251 g/mol. The molecule has 1 unspecified atom stereocenters. The normalized spacial score (nSPS) is 21.7. The van der Waals surface area contributed by atoms with Crippen LogP contribution in [0, 0.1) is 5.82 Å². The molecule has 2 rings (SSSR count). The van der Waals surface area contributed by atoms with Gasteiger partial charge in [0.2, 0.25) is 5.91 Å². The third-order valence-electron chi connectivity index (χ3n) is 3.15. The molecule has 98 valence electrons. The van der Waals surface area contributed by atoms with E-state index in [9.17, 15) is 9.18 Å². The first-order valence-electron chi connectivity index (χ1n) is 6.12. The van der Waals surface area contributed by atoms with Gasteiger partial charge in [-0.2, -0.15) is 0 Å². The fraction of sp³-hybridized carbons (Fsp3) is 0.462. The fourth-order valence-electron chi connectivity index (χ4n) is 2.24. The van der Waals surface area contributed by atoms with E-state index in [1.165, 1.54) is 12.1 Å². The van der Waals surface area contributed by atoms with Gasteiger partial charge in [-0.1, -0.05) is 12.1 Å². The van der Waals surface area contributed by atoms with Gasteiger partial charge in [0.05, 0.1) is 12.1 Å². The van der Waals surface area contributed by atoms with Crippen molar-refractivity contribution in [1.29, 1.82) is 0 Å². The van der Waals surface area contributed by atoms with Crippen LogP contribution in [0.3, 0.4) is 0 Å². The number of carbonyl (C=O) groups is 1. The lowest BCUT2D eigenvalue weighted by atomic mass is 10.0. The molecule has 1 aliphatic heterocycles. The van der Waals surface area contributed by atoms with Crippen molar-refractivity contribution in [3.8, 4) is 0 Å². The maximum Gasteiger partial charge on any atom is 0.239 e. The molecule has 0 aliphatic carbocycles. The number of nitrogens with zero attached hydrogens (tertiary/aromatic N) is 1. The maximum atomic E-state index is 13.3. The van der Waals surface area contributed by atoms with Crippen molar-refractivity contribution in [2.24, 2.45) is 5.73 Å². The standard InChI is InChI=1S/C13H18FN3O/c1-9(15)13(18)17-6-5-16-8-12(17)10-3-2-4-11(14)7-10/h2-4,7,9,12,16H,5-6,8,15H2,1H3/t9-,12?/m0/s1. The van der Waals surface area contributed by atoms with Crippen molar-refractivity contribution in [3.05, 3.63) is 35.6 Å². The van der Waals surface area contributed by atoms with Gasteiger partial charge < -0.3 is 16.0 Å². The fourth-order valence-corrected chi connectivity index (χ4v) is 2.24. The molecule has 0 spiro atoms. The number of amides is 1. The van der Waals surface area contributed by atoms with E-state index in [0.717, 1.165) is 12.1 Å². The number of halogens is 1. The summed E-state index contributed by atoms with van der Waals surface area (Å²) in [5, 5.41) is 3.22. The number of rotatable bonds is 2.